The number of methoxy groups -OCH3 is 1. The Morgan fingerprint density at radius 3 is 2.91 bits per heavy atom. The molecule has 0 fully saturated rings. The largest absolute Gasteiger partial charge is 0.461 e. The first kappa shape index (κ1) is 15.5. The maximum absolute atomic E-state index is 11.9. The number of rotatable bonds is 6. The second-order valence-corrected chi connectivity index (χ2v) is 5.50. The van der Waals surface area contributed by atoms with Gasteiger partial charge in [0.05, 0.1) is 19.1 Å². The summed E-state index contributed by atoms with van der Waals surface area (Å²) in [6, 6.07) is 13.9. The van der Waals surface area contributed by atoms with Crippen molar-refractivity contribution in [2.24, 2.45) is 0 Å². The molecule has 0 radical (unpaired) electrons. The lowest BCUT2D eigenvalue weighted by molar-refractivity contribution is -0.121. The summed E-state index contributed by atoms with van der Waals surface area (Å²) >= 11 is 0. The molecule has 3 rings (SSSR count). The molecular formula is C18H19NO4. The van der Waals surface area contributed by atoms with Gasteiger partial charge in [0.2, 0.25) is 5.91 Å². The molecule has 2 aromatic carbocycles. The van der Waals surface area contributed by atoms with Crippen LogP contribution in [0.2, 0.25) is 0 Å². The van der Waals surface area contributed by atoms with Gasteiger partial charge in [-0.3, -0.25) is 4.79 Å². The van der Waals surface area contributed by atoms with Gasteiger partial charge < -0.3 is 19.6 Å². The molecule has 0 aliphatic heterocycles. The molecule has 23 heavy (non-hydrogen) atoms. The zero-order valence-corrected chi connectivity index (χ0v) is 12.9. The second-order valence-electron chi connectivity index (χ2n) is 5.50. The van der Waals surface area contributed by atoms with Crippen LogP contribution in [0.1, 0.15) is 5.76 Å². The lowest BCUT2D eigenvalue weighted by atomic mass is 10.1. The zero-order valence-electron chi connectivity index (χ0n) is 12.9. The number of benzene rings is 2. The third-order valence-corrected chi connectivity index (χ3v) is 3.71. The Balaban J connectivity index is 1.73. The van der Waals surface area contributed by atoms with Gasteiger partial charge in [-0.05, 0) is 22.9 Å². The van der Waals surface area contributed by atoms with Crippen molar-refractivity contribution in [2.45, 2.75) is 12.5 Å². The molecule has 120 valence electrons. The van der Waals surface area contributed by atoms with Crippen LogP contribution in [-0.4, -0.2) is 37.4 Å². The summed E-state index contributed by atoms with van der Waals surface area (Å²) in [5.74, 6) is 0.415. The van der Waals surface area contributed by atoms with Gasteiger partial charge in [-0.25, -0.2) is 0 Å². The minimum Gasteiger partial charge on any atom is -0.461 e. The standard InChI is InChI=1S/C18H19NO4/c1-22-11-13(20)10-19-18(21)9-14-8-16-15-5-3-2-4-12(15)6-7-17(16)23-14/h2-8,13,20H,9-11H2,1H3,(H,19,21). The smallest absolute Gasteiger partial charge is 0.227 e. The Morgan fingerprint density at radius 2 is 2.09 bits per heavy atom. The molecule has 0 spiro atoms. The lowest BCUT2D eigenvalue weighted by Crippen LogP contribution is -2.35. The van der Waals surface area contributed by atoms with Crippen molar-refractivity contribution >= 4 is 27.6 Å². The van der Waals surface area contributed by atoms with E-state index in [-0.39, 0.29) is 25.5 Å². The van der Waals surface area contributed by atoms with Crippen LogP contribution in [0.4, 0.5) is 0 Å². The van der Waals surface area contributed by atoms with E-state index in [0.717, 1.165) is 21.7 Å². The summed E-state index contributed by atoms with van der Waals surface area (Å²) < 4.78 is 10.6. The Morgan fingerprint density at radius 1 is 1.26 bits per heavy atom. The predicted molar refractivity (Wildman–Crippen MR) is 88.3 cm³/mol. The summed E-state index contributed by atoms with van der Waals surface area (Å²) in [5.41, 5.74) is 0.769. The molecule has 0 aliphatic carbocycles. The van der Waals surface area contributed by atoms with Crippen molar-refractivity contribution in [3.8, 4) is 0 Å². The van der Waals surface area contributed by atoms with Gasteiger partial charge in [0.25, 0.3) is 0 Å². The molecular weight excluding hydrogens is 294 g/mol. The average molecular weight is 313 g/mol. The van der Waals surface area contributed by atoms with Gasteiger partial charge in [0, 0.05) is 19.0 Å². The van der Waals surface area contributed by atoms with Crippen LogP contribution in [0, 0.1) is 0 Å². The van der Waals surface area contributed by atoms with Crippen molar-refractivity contribution in [3.63, 3.8) is 0 Å². The summed E-state index contributed by atoms with van der Waals surface area (Å²) in [6.07, 6.45) is -0.563. The number of aliphatic hydroxyl groups excluding tert-OH is 1. The van der Waals surface area contributed by atoms with E-state index < -0.39 is 6.10 Å². The number of fused-ring (bicyclic) bond motifs is 3. The van der Waals surface area contributed by atoms with E-state index in [1.165, 1.54) is 7.11 Å². The molecule has 1 amide bonds. The maximum atomic E-state index is 11.9. The van der Waals surface area contributed by atoms with Crippen LogP contribution >= 0.6 is 0 Å². The van der Waals surface area contributed by atoms with Gasteiger partial charge in [0.15, 0.2) is 0 Å². The van der Waals surface area contributed by atoms with Crippen molar-refractivity contribution in [1.29, 1.82) is 0 Å². The summed E-state index contributed by atoms with van der Waals surface area (Å²) in [4.78, 5) is 11.9. The molecule has 0 aliphatic rings. The van der Waals surface area contributed by atoms with Crippen molar-refractivity contribution in [2.75, 3.05) is 20.3 Å². The highest BCUT2D eigenvalue weighted by atomic mass is 16.5. The molecule has 0 saturated carbocycles. The number of ether oxygens (including phenoxy) is 1. The third-order valence-electron chi connectivity index (χ3n) is 3.71. The molecule has 1 aromatic heterocycles. The quantitative estimate of drug-likeness (QED) is 0.732. The Labute approximate surface area is 133 Å². The predicted octanol–water partition coefficient (Wildman–Crippen LogP) is 2.25. The van der Waals surface area contributed by atoms with Crippen molar-refractivity contribution < 1.29 is 19.1 Å². The number of carbonyl (C=O) groups is 1. The summed E-state index contributed by atoms with van der Waals surface area (Å²) in [7, 11) is 1.50. The molecule has 1 heterocycles. The molecule has 1 unspecified atom stereocenters. The third kappa shape index (κ3) is 3.52. The number of hydrogen-bond acceptors (Lipinski definition) is 4. The van der Waals surface area contributed by atoms with E-state index >= 15 is 0 Å². The SMILES string of the molecule is COCC(O)CNC(=O)Cc1cc2c(ccc3ccccc32)o1. The van der Waals surface area contributed by atoms with Crippen LogP contribution in [0.15, 0.2) is 46.9 Å². The van der Waals surface area contributed by atoms with Crippen LogP contribution in [-0.2, 0) is 16.0 Å². The average Bonchev–Trinajstić information content (AvgIpc) is 2.96. The number of aliphatic hydroxyl groups is 1. The monoisotopic (exact) mass is 313 g/mol. The summed E-state index contributed by atoms with van der Waals surface area (Å²) in [6.45, 7) is 0.354. The first-order chi connectivity index (χ1) is 11.2. The van der Waals surface area contributed by atoms with E-state index in [0.29, 0.717) is 5.76 Å². The van der Waals surface area contributed by atoms with Gasteiger partial charge in [-0.15, -0.1) is 0 Å². The Bertz CT molecular complexity index is 824. The number of furan rings is 1. The van der Waals surface area contributed by atoms with Crippen LogP contribution < -0.4 is 5.32 Å². The first-order valence-electron chi connectivity index (χ1n) is 7.51. The molecule has 0 bridgehead atoms. The first-order valence-corrected chi connectivity index (χ1v) is 7.51. The van der Waals surface area contributed by atoms with Crippen LogP contribution in [0.3, 0.4) is 0 Å². The molecule has 1 atom stereocenters. The van der Waals surface area contributed by atoms with Crippen LogP contribution in [0.5, 0.6) is 0 Å². The molecule has 2 N–H and O–H groups in total. The van der Waals surface area contributed by atoms with E-state index in [1.807, 2.05) is 42.5 Å². The lowest BCUT2D eigenvalue weighted by Gasteiger charge is -2.09. The normalized spacial score (nSPS) is 12.6. The minimum atomic E-state index is -0.705. The Kier molecular flexibility index (Phi) is 4.60. The fraction of sp³-hybridized carbons (Fsp3) is 0.278. The number of amides is 1. The van der Waals surface area contributed by atoms with Gasteiger partial charge in [-0.2, -0.15) is 0 Å². The van der Waals surface area contributed by atoms with Crippen LogP contribution in [0.25, 0.3) is 21.7 Å². The topological polar surface area (TPSA) is 71.7 Å². The fourth-order valence-corrected chi connectivity index (χ4v) is 2.64. The van der Waals surface area contributed by atoms with E-state index in [9.17, 15) is 9.90 Å². The van der Waals surface area contributed by atoms with E-state index in [4.69, 9.17) is 9.15 Å². The number of hydrogen-bond donors (Lipinski definition) is 2. The second kappa shape index (κ2) is 6.81. The van der Waals surface area contributed by atoms with E-state index in [2.05, 4.69) is 5.32 Å². The van der Waals surface area contributed by atoms with Gasteiger partial charge >= 0.3 is 0 Å². The van der Waals surface area contributed by atoms with Crippen molar-refractivity contribution in [3.05, 3.63) is 48.2 Å². The van der Waals surface area contributed by atoms with Gasteiger partial charge in [0.1, 0.15) is 11.3 Å². The highest BCUT2D eigenvalue weighted by Crippen LogP contribution is 2.28. The highest BCUT2D eigenvalue weighted by Gasteiger charge is 2.12. The zero-order chi connectivity index (χ0) is 16.2. The number of nitrogens with one attached hydrogen (secondary N) is 1. The van der Waals surface area contributed by atoms with E-state index in [1.54, 1.807) is 0 Å². The summed E-state index contributed by atoms with van der Waals surface area (Å²) in [5, 5.41) is 15.5. The van der Waals surface area contributed by atoms with Gasteiger partial charge in [-0.1, -0.05) is 30.3 Å². The molecule has 3 aromatic rings. The molecule has 5 nitrogen and oxygen atoms in total. The highest BCUT2D eigenvalue weighted by molar-refractivity contribution is 6.06. The Hall–Kier alpha value is -2.37. The minimum absolute atomic E-state index is 0.142. The maximum Gasteiger partial charge on any atom is 0.227 e. The van der Waals surface area contributed by atoms with Crippen molar-refractivity contribution in [1.82, 2.24) is 5.32 Å². The number of carbonyl (C=O) groups excluding carboxylic acids is 1. The molecule has 0 saturated heterocycles. The molecule has 5 heteroatoms. The fourth-order valence-electron chi connectivity index (χ4n) is 2.64.